The second-order valence-electron chi connectivity index (χ2n) is 5.94. The van der Waals surface area contributed by atoms with Gasteiger partial charge in [0.05, 0.1) is 22.2 Å². The lowest BCUT2D eigenvalue weighted by Crippen LogP contribution is -2.26. The third-order valence-corrected chi connectivity index (χ3v) is 4.03. The Morgan fingerprint density at radius 1 is 1.30 bits per heavy atom. The molecular weight excluding hydrogens is 318 g/mol. The van der Waals surface area contributed by atoms with Crippen LogP contribution in [0.15, 0.2) is 21.6 Å². The molecule has 1 aliphatic rings. The van der Waals surface area contributed by atoms with Gasteiger partial charge in [-0.15, -0.1) is 0 Å². The molecule has 6 heteroatoms. The Morgan fingerprint density at radius 2 is 2.10 bits per heavy atom. The number of benzene rings is 1. The van der Waals surface area contributed by atoms with Crippen molar-refractivity contribution in [1.29, 1.82) is 0 Å². The number of nitrogens with zero attached hydrogens (tertiary/aromatic N) is 2. The first-order chi connectivity index (χ1) is 9.45. The van der Waals surface area contributed by atoms with E-state index < -0.39 is 0 Å². The Bertz CT molecular complexity index is 681. The van der Waals surface area contributed by atoms with Crippen LogP contribution < -0.4 is 10.6 Å². The van der Waals surface area contributed by atoms with Crippen LogP contribution in [0, 0.1) is 0 Å². The lowest BCUT2D eigenvalue weighted by molar-refractivity contribution is 0.554. The van der Waals surface area contributed by atoms with Crippen molar-refractivity contribution in [2.75, 3.05) is 18.4 Å². The van der Waals surface area contributed by atoms with Gasteiger partial charge in [0, 0.05) is 12.0 Å². The number of fused-ring (bicyclic) bond motifs is 1. The first kappa shape index (κ1) is 13.4. The smallest absolute Gasteiger partial charge is 0.195 e. The van der Waals surface area contributed by atoms with Crippen LogP contribution in [0.3, 0.4) is 0 Å². The van der Waals surface area contributed by atoms with E-state index in [0.717, 1.165) is 46.1 Å². The summed E-state index contributed by atoms with van der Waals surface area (Å²) in [6.07, 6.45) is 0. The molecule has 5 nitrogen and oxygen atoms in total. The fourth-order valence-electron chi connectivity index (χ4n) is 2.10. The Morgan fingerprint density at radius 3 is 2.75 bits per heavy atom. The molecule has 0 saturated carbocycles. The average molecular weight is 336 g/mol. The van der Waals surface area contributed by atoms with Gasteiger partial charge < -0.3 is 15.6 Å². The summed E-state index contributed by atoms with van der Waals surface area (Å²) in [5.74, 6) is 1.80. The van der Waals surface area contributed by atoms with Crippen molar-refractivity contribution in [3.63, 3.8) is 0 Å². The zero-order chi connectivity index (χ0) is 14.3. The predicted molar refractivity (Wildman–Crippen MR) is 86.4 cm³/mol. The number of guanidine groups is 1. The maximum Gasteiger partial charge on any atom is 0.195 e. The Labute approximate surface area is 126 Å². The standard InChI is InChI=1S/C14H18BrN5/c1-14(2,3)12-18-9-5-4-8(10(15)11(9)20-12)19-13-16-6-7-17-13/h4-5H,6-7H2,1-3H3,(H,18,20)(H2,16,17,19). The fraction of sp³-hybridized carbons (Fsp3) is 0.429. The number of halogens is 1. The van der Waals surface area contributed by atoms with E-state index in [1.165, 1.54) is 0 Å². The molecule has 2 heterocycles. The molecule has 0 fully saturated rings. The number of rotatable bonds is 1. The maximum absolute atomic E-state index is 4.72. The number of hydrogen-bond acceptors (Lipinski definition) is 4. The molecule has 1 aromatic carbocycles. The summed E-state index contributed by atoms with van der Waals surface area (Å²) in [7, 11) is 0. The third-order valence-electron chi connectivity index (χ3n) is 3.23. The van der Waals surface area contributed by atoms with Crippen molar-refractivity contribution < 1.29 is 0 Å². The molecule has 106 valence electrons. The highest BCUT2D eigenvalue weighted by Gasteiger charge is 2.20. The molecular formula is C14H18BrN5. The second-order valence-corrected chi connectivity index (χ2v) is 6.73. The summed E-state index contributed by atoms with van der Waals surface area (Å²) in [4.78, 5) is 12.4. The maximum atomic E-state index is 4.72. The van der Waals surface area contributed by atoms with Crippen LogP contribution in [-0.2, 0) is 5.41 Å². The topological polar surface area (TPSA) is 65.1 Å². The molecule has 0 unspecified atom stereocenters. The average Bonchev–Trinajstić information content (AvgIpc) is 3.01. The van der Waals surface area contributed by atoms with Gasteiger partial charge in [-0.2, -0.15) is 0 Å². The zero-order valence-electron chi connectivity index (χ0n) is 11.8. The van der Waals surface area contributed by atoms with Crippen molar-refractivity contribution in [3.8, 4) is 0 Å². The Hall–Kier alpha value is -1.56. The molecule has 20 heavy (non-hydrogen) atoms. The van der Waals surface area contributed by atoms with E-state index >= 15 is 0 Å². The van der Waals surface area contributed by atoms with Crippen molar-refractivity contribution in [2.45, 2.75) is 26.2 Å². The molecule has 1 aromatic heterocycles. The van der Waals surface area contributed by atoms with E-state index in [2.05, 4.69) is 57.3 Å². The Kier molecular flexibility index (Phi) is 3.20. The van der Waals surface area contributed by atoms with Crippen molar-refractivity contribution in [3.05, 3.63) is 22.4 Å². The first-order valence-electron chi connectivity index (χ1n) is 6.69. The van der Waals surface area contributed by atoms with Gasteiger partial charge >= 0.3 is 0 Å². The summed E-state index contributed by atoms with van der Waals surface area (Å²) in [6, 6.07) is 4.07. The molecule has 0 amide bonds. The summed E-state index contributed by atoms with van der Waals surface area (Å²) >= 11 is 3.64. The van der Waals surface area contributed by atoms with Gasteiger partial charge in [-0.05, 0) is 28.1 Å². The molecule has 0 spiro atoms. The Balaban J connectivity index is 2.01. The molecule has 0 bridgehead atoms. The zero-order valence-corrected chi connectivity index (χ0v) is 13.4. The molecule has 3 rings (SSSR count). The number of nitrogens with one attached hydrogen (secondary N) is 3. The quantitative estimate of drug-likeness (QED) is 0.750. The van der Waals surface area contributed by atoms with E-state index in [4.69, 9.17) is 4.98 Å². The van der Waals surface area contributed by atoms with E-state index in [9.17, 15) is 0 Å². The van der Waals surface area contributed by atoms with Crippen LogP contribution in [0.2, 0.25) is 0 Å². The lowest BCUT2D eigenvalue weighted by atomic mass is 9.96. The van der Waals surface area contributed by atoms with Gasteiger partial charge in [0.2, 0.25) is 0 Å². The number of H-pyrrole nitrogens is 1. The third kappa shape index (κ3) is 2.40. The first-order valence-corrected chi connectivity index (χ1v) is 7.48. The summed E-state index contributed by atoms with van der Waals surface area (Å²) in [5, 5.41) is 6.49. The highest BCUT2D eigenvalue weighted by atomic mass is 79.9. The van der Waals surface area contributed by atoms with Crippen molar-refractivity contribution in [2.24, 2.45) is 4.99 Å². The highest BCUT2D eigenvalue weighted by Crippen LogP contribution is 2.32. The van der Waals surface area contributed by atoms with Gasteiger partial charge in [0.25, 0.3) is 0 Å². The van der Waals surface area contributed by atoms with Gasteiger partial charge in [-0.25, -0.2) is 4.98 Å². The van der Waals surface area contributed by atoms with E-state index in [0.29, 0.717) is 0 Å². The van der Waals surface area contributed by atoms with Gasteiger partial charge in [0.15, 0.2) is 5.96 Å². The monoisotopic (exact) mass is 335 g/mol. The second kappa shape index (κ2) is 4.77. The van der Waals surface area contributed by atoms with Gasteiger partial charge in [0.1, 0.15) is 11.3 Å². The molecule has 0 atom stereocenters. The van der Waals surface area contributed by atoms with E-state index in [1.807, 2.05) is 12.1 Å². The van der Waals surface area contributed by atoms with E-state index in [1.54, 1.807) is 0 Å². The van der Waals surface area contributed by atoms with Crippen LogP contribution in [0.4, 0.5) is 5.69 Å². The lowest BCUT2D eigenvalue weighted by Gasteiger charge is -2.13. The number of imidazole rings is 1. The van der Waals surface area contributed by atoms with Crippen LogP contribution >= 0.6 is 15.9 Å². The van der Waals surface area contributed by atoms with E-state index in [-0.39, 0.29) is 5.41 Å². The molecule has 0 aliphatic carbocycles. The number of hydrogen-bond donors (Lipinski definition) is 3. The molecule has 2 aromatic rings. The van der Waals surface area contributed by atoms with Gasteiger partial charge in [-0.3, -0.25) is 4.99 Å². The minimum absolute atomic E-state index is 0.00312. The highest BCUT2D eigenvalue weighted by molar-refractivity contribution is 9.10. The fourth-order valence-corrected chi connectivity index (χ4v) is 2.64. The number of aliphatic imine (C=N–C) groups is 1. The van der Waals surface area contributed by atoms with Crippen LogP contribution in [0.1, 0.15) is 26.6 Å². The molecule has 3 N–H and O–H groups in total. The van der Waals surface area contributed by atoms with Crippen LogP contribution in [-0.4, -0.2) is 29.0 Å². The minimum Gasteiger partial charge on any atom is -0.354 e. The molecule has 0 radical (unpaired) electrons. The van der Waals surface area contributed by atoms with Crippen LogP contribution in [0.25, 0.3) is 11.0 Å². The molecule has 0 saturated heterocycles. The largest absolute Gasteiger partial charge is 0.354 e. The minimum atomic E-state index is 0.00312. The summed E-state index contributed by atoms with van der Waals surface area (Å²) < 4.78 is 0.957. The van der Waals surface area contributed by atoms with Crippen molar-refractivity contribution in [1.82, 2.24) is 15.3 Å². The predicted octanol–water partition coefficient (Wildman–Crippen LogP) is 2.99. The summed E-state index contributed by atoms with van der Waals surface area (Å²) in [5.41, 5.74) is 2.95. The number of aromatic amines is 1. The van der Waals surface area contributed by atoms with Crippen molar-refractivity contribution >= 4 is 38.6 Å². The summed E-state index contributed by atoms with van der Waals surface area (Å²) in [6.45, 7) is 8.15. The number of anilines is 1. The van der Waals surface area contributed by atoms with Crippen LogP contribution in [0.5, 0.6) is 0 Å². The normalized spacial score (nSPS) is 15.3. The molecule has 1 aliphatic heterocycles. The number of aromatic nitrogens is 2. The van der Waals surface area contributed by atoms with Gasteiger partial charge in [-0.1, -0.05) is 20.8 Å². The SMILES string of the molecule is CC(C)(C)c1nc2c(Br)c(NC3=NCCN3)ccc2[nH]1.